The van der Waals surface area contributed by atoms with E-state index in [4.69, 9.17) is 0 Å². The van der Waals surface area contributed by atoms with E-state index in [0.717, 1.165) is 13.0 Å². The van der Waals surface area contributed by atoms with Gasteiger partial charge in [-0.2, -0.15) is 0 Å². The van der Waals surface area contributed by atoms with Crippen LogP contribution >= 0.6 is 0 Å². The van der Waals surface area contributed by atoms with Crippen molar-refractivity contribution in [3.05, 3.63) is 18.7 Å². The van der Waals surface area contributed by atoms with Crippen LogP contribution in [0.1, 0.15) is 19.4 Å². The average molecular weight is 168 g/mol. The lowest BCUT2D eigenvalue weighted by molar-refractivity contribution is 0.463. The minimum atomic E-state index is 0.508. The van der Waals surface area contributed by atoms with Crippen LogP contribution < -0.4 is 10.9 Å². The summed E-state index contributed by atoms with van der Waals surface area (Å²) in [5.41, 5.74) is 5.95. The Balaban J connectivity index is 2.25. The van der Waals surface area contributed by atoms with Crippen LogP contribution in [0, 0.1) is 0 Å². The van der Waals surface area contributed by atoms with E-state index in [-0.39, 0.29) is 0 Å². The summed E-state index contributed by atoms with van der Waals surface area (Å²) in [6, 6.07) is 0.508. The normalized spacial score (nSPS) is 13.2. The highest BCUT2D eigenvalue weighted by atomic mass is 15.3. The number of hydrazine groups is 1. The Labute approximate surface area is 73.0 Å². The highest BCUT2D eigenvalue weighted by Crippen LogP contribution is 2.07. The molecule has 4 heteroatoms. The van der Waals surface area contributed by atoms with Gasteiger partial charge in [0.1, 0.15) is 0 Å². The van der Waals surface area contributed by atoms with E-state index in [1.54, 1.807) is 0 Å². The van der Waals surface area contributed by atoms with Crippen LogP contribution in [0.2, 0.25) is 0 Å². The SMILES string of the molecule is CNNCCC(C)n1ccnc1. The Kier molecular flexibility index (Phi) is 3.76. The molecule has 0 aliphatic carbocycles. The molecular formula is C8H16N4. The molecule has 12 heavy (non-hydrogen) atoms. The molecule has 0 aromatic carbocycles. The van der Waals surface area contributed by atoms with Gasteiger partial charge in [0.25, 0.3) is 0 Å². The Bertz CT molecular complexity index is 195. The molecule has 1 atom stereocenters. The van der Waals surface area contributed by atoms with Crippen LogP contribution in [0.5, 0.6) is 0 Å². The molecule has 0 aliphatic heterocycles. The van der Waals surface area contributed by atoms with Gasteiger partial charge >= 0.3 is 0 Å². The summed E-state index contributed by atoms with van der Waals surface area (Å²) in [5, 5.41) is 0. The van der Waals surface area contributed by atoms with Crippen molar-refractivity contribution in [1.82, 2.24) is 20.4 Å². The fourth-order valence-electron chi connectivity index (χ4n) is 1.09. The van der Waals surface area contributed by atoms with Crippen LogP contribution in [0.3, 0.4) is 0 Å². The molecule has 68 valence electrons. The molecule has 0 radical (unpaired) electrons. The van der Waals surface area contributed by atoms with Crippen LogP contribution in [0.15, 0.2) is 18.7 Å². The molecule has 1 aromatic rings. The molecule has 0 saturated heterocycles. The molecule has 4 nitrogen and oxygen atoms in total. The molecule has 0 spiro atoms. The Morgan fingerprint density at radius 3 is 3.00 bits per heavy atom. The monoisotopic (exact) mass is 168 g/mol. The smallest absolute Gasteiger partial charge is 0.0948 e. The fraction of sp³-hybridized carbons (Fsp3) is 0.625. The predicted octanol–water partition coefficient (Wildman–Crippen LogP) is 0.558. The second-order valence-electron chi connectivity index (χ2n) is 2.82. The molecule has 0 amide bonds. The van der Waals surface area contributed by atoms with E-state index in [2.05, 4.69) is 27.3 Å². The van der Waals surface area contributed by atoms with Crippen molar-refractivity contribution in [3.8, 4) is 0 Å². The maximum atomic E-state index is 4.00. The summed E-state index contributed by atoms with van der Waals surface area (Å²) >= 11 is 0. The number of aromatic nitrogens is 2. The van der Waals surface area contributed by atoms with Crippen molar-refractivity contribution in [3.63, 3.8) is 0 Å². The fourth-order valence-corrected chi connectivity index (χ4v) is 1.09. The third-order valence-corrected chi connectivity index (χ3v) is 1.90. The number of hydrogen-bond donors (Lipinski definition) is 2. The maximum absolute atomic E-state index is 4.00. The van der Waals surface area contributed by atoms with E-state index in [9.17, 15) is 0 Å². The van der Waals surface area contributed by atoms with E-state index in [1.807, 2.05) is 25.8 Å². The standard InChI is InChI=1S/C8H16N4/c1-8(3-4-11-9-2)12-6-5-10-7-12/h5-9,11H,3-4H2,1-2H3. The number of nitrogens with one attached hydrogen (secondary N) is 2. The van der Waals surface area contributed by atoms with Gasteiger partial charge in [0.2, 0.25) is 0 Å². The highest BCUT2D eigenvalue weighted by molar-refractivity contribution is 4.78. The molecule has 1 aromatic heterocycles. The van der Waals surface area contributed by atoms with Crippen molar-refractivity contribution < 1.29 is 0 Å². The molecule has 1 heterocycles. The van der Waals surface area contributed by atoms with Crippen LogP contribution in [-0.2, 0) is 0 Å². The largest absolute Gasteiger partial charge is 0.335 e. The van der Waals surface area contributed by atoms with Gasteiger partial charge in [-0.25, -0.2) is 4.98 Å². The summed E-state index contributed by atoms with van der Waals surface area (Å²) in [7, 11) is 1.88. The molecule has 2 N–H and O–H groups in total. The van der Waals surface area contributed by atoms with Gasteiger partial charge in [-0.05, 0) is 20.4 Å². The summed E-state index contributed by atoms with van der Waals surface area (Å²) in [5.74, 6) is 0. The van der Waals surface area contributed by atoms with Crippen molar-refractivity contribution in [2.75, 3.05) is 13.6 Å². The lowest BCUT2D eigenvalue weighted by atomic mass is 10.2. The summed E-state index contributed by atoms with van der Waals surface area (Å²) in [6.07, 6.45) is 6.74. The number of nitrogens with zero attached hydrogens (tertiary/aromatic N) is 2. The summed E-state index contributed by atoms with van der Waals surface area (Å²) < 4.78 is 2.11. The van der Waals surface area contributed by atoms with Gasteiger partial charge in [0.15, 0.2) is 0 Å². The third-order valence-electron chi connectivity index (χ3n) is 1.90. The van der Waals surface area contributed by atoms with E-state index >= 15 is 0 Å². The first-order valence-electron chi connectivity index (χ1n) is 4.21. The lowest BCUT2D eigenvalue weighted by Crippen LogP contribution is -2.29. The minimum Gasteiger partial charge on any atom is -0.335 e. The maximum Gasteiger partial charge on any atom is 0.0948 e. The molecule has 0 bridgehead atoms. The van der Waals surface area contributed by atoms with E-state index < -0.39 is 0 Å². The Morgan fingerprint density at radius 2 is 2.42 bits per heavy atom. The number of hydrogen-bond acceptors (Lipinski definition) is 3. The Hall–Kier alpha value is -0.870. The van der Waals surface area contributed by atoms with Gasteiger partial charge in [-0.1, -0.05) is 0 Å². The number of imidazole rings is 1. The van der Waals surface area contributed by atoms with Gasteiger partial charge in [0, 0.05) is 25.0 Å². The second-order valence-corrected chi connectivity index (χ2v) is 2.82. The van der Waals surface area contributed by atoms with Crippen molar-refractivity contribution in [1.29, 1.82) is 0 Å². The minimum absolute atomic E-state index is 0.508. The molecule has 1 unspecified atom stereocenters. The molecule has 0 fully saturated rings. The molecule has 0 aliphatic rings. The molecule has 1 rings (SSSR count). The van der Waals surface area contributed by atoms with Crippen molar-refractivity contribution >= 4 is 0 Å². The zero-order valence-corrected chi connectivity index (χ0v) is 7.62. The molecular weight excluding hydrogens is 152 g/mol. The van der Waals surface area contributed by atoms with Gasteiger partial charge in [0.05, 0.1) is 6.33 Å². The summed E-state index contributed by atoms with van der Waals surface area (Å²) in [6.45, 7) is 3.15. The zero-order valence-electron chi connectivity index (χ0n) is 7.62. The van der Waals surface area contributed by atoms with Gasteiger partial charge in [-0.3, -0.25) is 10.9 Å². The van der Waals surface area contributed by atoms with Crippen LogP contribution in [0.4, 0.5) is 0 Å². The van der Waals surface area contributed by atoms with Crippen molar-refractivity contribution in [2.45, 2.75) is 19.4 Å². The summed E-state index contributed by atoms with van der Waals surface area (Å²) in [4.78, 5) is 4.00. The van der Waals surface area contributed by atoms with Crippen molar-refractivity contribution in [2.24, 2.45) is 0 Å². The molecule has 0 saturated carbocycles. The zero-order chi connectivity index (χ0) is 8.81. The third kappa shape index (κ3) is 2.64. The topological polar surface area (TPSA) is 41.9 Å². The quantitative estimate of drug-likeness (QED) is 0.498. The average Bonchev–Trinajstić information content (AvgIpc) is 2.56. The lowest BCUT2D eigenvalue weighted by Gasteiger charge is -2.12. The predicted molar refractivity (Wildman–Crippen MR) is 48.6 cm³/mol. The number of rotatable bonds is 5. The first-order chi connectivity index (χ1) is 5.84. The van der Waals surface area contributed by atoms with Gasteiger partial charge in [-0.15, -0.1) is 0 Å². The highest BCUT2D eigenvalue weighted by Gasteiger charge is 2.01. The van der Waals surface area contributed by atoms with Gasteiger partial charge < -0.3 is 4.57 Å². The first-order valence-corrected chi connectivity index (χ1v) is 4.21. The van der Waals surface area contributed by atoms with E-state index in [1.165, 1.54) is 0 Å². The second kappa shape index (κ2) is 4.90. The van der Waals surface area contributed by atoms with E-state index in [0.29, 0.717) is 6.04 Å². The Morgan fingerprint density at radius 1 is 1.58 bits per heavy atom. The van der Waals surface area contributed by atoms with Crippen LogP contribution in [-0.4, -0.2) is 23.1 Å². The van der Waals surface area contributed by atoms with Crippen LogP contribution in [0.25, 0.3) is 0 Å². The first kappa shape index (κ1) is 9.22.